The van der Waals surface area contributed by atoms with E-state index < -0.39 is 160 Å². The van der Waals surface area contributed by atoms with Crippen molar-refractivity contribution < 1.29 is 114 Å². The number of rotatable bonds is 12. The Balaban J connectivity index is 1.03. The summed E-state index contributed by atoms with van der Waals surface area (Å²) in [6.45, 7) is 15.0. The normalized spacial score (nSPS) is 55.7. The van der Waals surface area contributed by atoms with Gasteiger partial charge in [-0.15, -0.1) is 0 Å². The highest BCUT2D eigenvalue weighted by Crippen LogP contribution is 2.76. The molecule has 0 spiro atoms. The van der Waals surface area contributed by atoms with Gasteiger partial charge in [-0.2, -0.15) is 0 Å². The number of allylic oxidation sites excluding steroid dienone is 2. The first-order valence-electron chi connectivity index (χ1n) is 27.8. The van der Waals surface area contributed by atoms with Crippen molar-refractivity contribution in [3.05, 3.63) is 11.6 Å². The summed E-state index contributed by atoms with van der Waals surface area (Å²) >= 11 is 0. The molecule has 14 N–H and O–H groups in total. The molecule has 0 radical (unpaired) electrons. The van der Waals surface area contributed by atoms with Gasteiger partial charge in [-0.3, -0.25) is 0 Å². The molecule has 0 aromatic carbocycles. The fourth-order valence-corrected chi connectivity index (χ4v) is 16.6. The van der Waals surface area contributed by atoms with Gasteiger partial charge in [0.1, 0.15) is 85.5 Å². The molecule has 30 unspecified atom stereocenters. The quantitative estimate of drug-likeness (QED) is 0.0783. The van der Waals surface area contributed by atoms with Gasteiger partial charge in [0.25, 0.3) is 0 Å². The molecule has 5 aliphatic carbocycles. The third kappa shape index (κ3) is 9.70. The average molecular weight is 1110 g/mol. The highest BCUT2D eigenvalue weighted by atomic mass is 16.8. The second-order valence-electron chi connectivity index (χ2n) is 26.4. The Labute approximate surface area is 449 Å². The Bertz CT molecular complexity index is 2130. The van der Waals surface area contributed by atoms with Crippen molar-refractivity contribution in [2.75, 3.05) is 19.8 Å². The highest BCUT2D eigenvalue weighted by molar-refractivity contribution is 5.73. The van der Waals surface area contributed by atoms with Crippen molar-refractivity contribution in [2.45, 2.75) is 248 Å². The zero-order valence-electron chi connectivity index (χ0n) is 45.4. The number of hydrogen-bond donors (Lipinski definition) is 14. The molecule has 442 valence electrons. The molecule has 4 saturated heterocycles. The molecule has 9 rings (SSSR count). The topological polar surface area (TPSA) is 374 Å². The Morgan fingerprint density at radius 3 is 1.79 bits per heavy atom. The number of fused-ring (bicyclic) bond motifs is 7. The summed E-state index contributed by atoms with van der Waals surface area (Å²) in [7, 11) is 0. The number of hydrogen-bond acceptors (Lipinski definition) is 22. The van der Waals surface area contributed by atoms with Crippen LogP contribution in [-0.4, -0.2) is 232 Å². The largest absolute Gasteiger partial charge is 0.479 e. The lowest BCUT2D eigenvalue weighted by atomic mass is 9.33. The van der Waals surface area contributed by atoms with Crippen molar-refractivity contribution in [1.82, 2.24) is 0 Å². The third-order valence-corrected chi connectivity index (χ3v) is 21.6. The predicted octanol–water partition coefficient (Wildman–Crippen LogP) is -1.47. The number of carboxylic acid groups (broad SMARTS) is 1. The minimum absolute atomic E-state index is 0.0183. The van der Waals surface area contributed by atoms with E-state index >= 15 is 0 Å². The summed E-state index contributed by atoms with van der Waals surface area (Å²) in [6.07, 6.45) is -29.5. The van der Waals surface area contributed by atoms with E-state index in [-0.39, 0.29) is 51.4 Å². The Morgan fingerprint density at radius 2 is 1.16 bits per heavy atom. The molecule has 0 amide bonds. The number of ether oxygens (including phenoxy) is 8. The summed E-state index contributed by atoms with van der Waals surface area (Å²) < 4.78 is 48.9. The summed E-state index contributed by atoms with van der Waals surface area (Å²) in [5.74, 6) is -1.39. The smallest absolute Gasteiger partial charge is 0.335 e. The molecule has 0 bridgehead atoms. The second-order valence-corrected chi connectivity index (χ2v) is 26.4. The van der Waals surface area contributed by atoms with Crippen LogP contribution in [0.1, 0.15) is 113 Å². The molecule has 0 aromatic heterocycles. The van der Waals surface area contributed by atoms with E-state index in [9.17, 15) is 76.3 Å². The minimum Gasteiger partial charge on any atom is -0.479 e. The first-order valence-corrected chi connectivity index (χ1v) is 27.8. The van der Waals surface area contributed by atoms with Crippen LogP contribution in [0.3, 0.4) is 0 Å². The van der Waals surface area contributed by atoms with Gasteiger partial charge < -0.3 is 109 Å². The van der Waals surface area contributed by atoms with E-state index in [1.54, 1.807) is 0 Å². The van der Waals surface area contributed by atoms with Crippen LogP contribution >= 0.6 is 0 Å². The van der Waals surface area contributed by atoms with Crippen LogP contribution in [0.4, 0.5) is 0 Å². The van der Waals surface area contributed by atoms with E-state index in [4.69, 9.17) is 37.9 Å². The van der Waals surface area contributed by atoms with Crippen molar-refractivity contribution in [2.24, 2.45) is 50.2 Å². The highest BCUT2D eigenvalue weighted by Gasteiger charge is 2.70. The van der Waals surface area contributed by atoms with E-state index in [1.165, 1.54) is 12.5 Å². The van der Waals surface area contributed by atoms with Gasteiger partial charge in [-0.05, 0) is 104 Å². The Kier molecular flexibility index (Phi) is 16.8. The van der Waals surface area contributed by atoms with E-state index in [2.05, 4.69) is 47.6 Å². The van der Waals surface area contributed by atoms with Gasteiger partial charge in [0.15, 0.2) is 31.3 Å². The molecular formula is C54H88O23. The summed E-state index contributed by atoms with van der Waals surface area (Å²) in [5, 5.41) is 154. The molecule has 4 saturated carbocycles. The van der Waals surface area contributed by atoms with Crippen molar-refractivity contribution >= 4 is 5.97 Å². The zero-order valence-corrected chi connectivity index (χ0v) is 45.4. The van der Waals surface area contributed by atoms with E-state index in [1.807, 2.05) is 6.92 Å². The molecule has 0 aromatic rings. The summed E-state index contributed by atoms with van der Waals surface area (Å²) in [6, 6.07) is 0. The first-order chi connectivity index (χ1) is 36.0. The average Bonchev–Trinajstić information content (AvgIpc) is 3.37. The Morgan fingerprint density at radius 1 is 0.571 bits per heavy atom. The number of carboxylic acids is 1. The lowest BCUT2D eigenvalue weighted by molar-refractivity contribution is -0.410. The standard InChI is InChI=1S/C54H88O23/c1-22-31(59)34(62)38(66)45(70-22)77-43-40(74-46-39(67)35(63)32(60)25(19-55)71-46)33(61)26(20-56)72-48(43)76-42-37(65)36(64)41(44(68)69)75-47(42)73-30-12-13-51(5)27(52(30,6)21-57)11-14-54(8)28(51)10-9-23-24-17-49(2,3)18-29(58)50(24,4)15-16-53(23,54)7/h9,22,24-43,45-48,55-67H,10-21H2,1-8H3,(H,68,69). The summed E-state index contributed by atoms with van der Waals surface area (Å²) in [5.41, 5.74) is -0.425. The molecule has 23 heteroatoms. The summed E-state index contributed by atoms with van der Waals surface area (Å²) in [4.78, 5) is 12.7. The van der Waals surface area contributed by atoms with Crippen LogP contribution < -0.4 is 0 Å². The SMILES string of the molecule is CC1OC(OC2C(OC3C(OC4CCC5(C)C(CCC6(C)C5CC=C5C7CC(C)(C)CC(O)C7(C)CCC56C)C4(C)CO)OC(C(=O)O)C(O)C3O)OC(CO)C(O)C2OC2OC(CO)C(O)C(O)C2O)C(O)C(O)C1O. The zero-order chi connectivity index (χ0) is 56.4. The molecule has 8 fully saturated rings. The lowest BCUT2D eigenvalue weighted by Gasteiger charge is -2.72. The van der Waals surface area contributed by atoms with Gasteiger partial charge in [0.2, 0.25) is 0 Å². The maximum absolute atomic E-state index is 12.7. The van der Waals surface area contributed by atoms with Crippen molar-refractivity contribution in [3.8, 4) is 0 Å². The minimum atomic E-state index is -2.18. The number of aliphatic hydroxyl groups excluding tert-OH is 13. The van der Waals surface area contributed by atoms with Crippen LogP contribution in [0.2, 0.25) is 0 Å². The van der Waals surface area contributed by atoms with Crippen LogP contribution in [-0.2, 0) is 42.7 Å². The van der Waals surface area contributed by atoms with Crippen LogP contribution in [0.15, 0.2) is 11.6 Å². The van der Waals surface area contributed by atoms with Crippen molar-refractivity contribution in [1.29, 1.82) is 0 Å². The number of aliphatic hydroxyl groups is 13. The molecule has 4 heterocycles. The third-order valence-electron chi connectivity index (χ3n) is 21.6. The van der Waals surface area contributed by atoms with Crippen molar-refractivity contribution in [3.63, 3.8) is 0 Å². The fourth-order valence-electron chi connectivity index (χ4n) is 16.6. The molecule has 30 atom stereocenters. The molecule has 9 aliphatic rings. The van der Waals surface area contributed by atoms with Gasteiger partial charge in [-0.1, -0.05) is 60.1 Å². The van der Waals surface area contributed by atoms with Gasteiger partial charge in [-0.25, -0.2) is 4.79 Å². The first kappa shape index (κ1) is 60.0. The maximum atomic E-state index is 12.7. The van der Waals surface area contributed by atoms with Crippen LogP contribution in [0, 0.1) is 50.2 Å². The molecule has 4 aliphatic heterocycles. The Hall–Kier alpha value is -1.63. The lowest BCUT2D eigenvalue weighted by Crippen LogP contribution is -2.69. The number of aliphatic carboxylic acids is 1. The second kappa shape index (κ2) is 21.5. The molecule has 77 heavy (non-hydrogen) atoms. The monoisotopic (exact) mass is 1100 g/mol. The van der Waals surface area contributed by atoms with Crippen LogP contribution in [0.5, 0.6) is 0 Å². The van der Waals surface area contributed by atoms with E-state index in [0.29, 0.717) is 19.3 Å². The van der Waals surface area contributed by atoms with Gasteiger partial charge in [0.05, 0.1) is 38.1 Å². The van der Waals surface area contributed by atoms with E-state index in [0.717, 1.165) is 38.5 Å². The van der Waals surface area contributed by atoms with Crippen LogP contribution in [0.25, 0.3) is 0 Å². The fraction of sp³-hybridized carbons (Fsp3) is 0.944. The molecule has 23 nitrogen and oxygen atoms in total. The molecular weight excluding hydrogens is 1020 g/mol. The van der Waals surface area contributed by atoms with Gasteiger partial charge in [0, 0.05) is 10.8 Å². The predicted molar refractivity (Wildman–Crippen MR) is 263 cm³/mol. The van der Waals surface area contributed by atoms with Gasteiger partial charge >= 0.3 is 5.97 Å². The maximum Gasteiger partial charge on any atom is 0.335 e. The number of carbonyl (C=O) groups is 1.